The molecule has 0 aliphatic carbocycles. The maximum absolute atomic E-state index is 13.5. The molecule has 10 heteroatoms. The largest absolute Gasteiger partial charge is 0.497 e. The van der Waals surface area contributed by atoms with Gasteiger partial charge in [-0.25, -0.2) is 4.79 Å². The molecule has 1 aromatic carbocycles. The predicted molar refractivity (Wildman–Crippen MR) is 140 cm³/mol. The fourth-order valence-electron chi connectivity index (χ4n) is 5.83. The van der Waals surface area contributed by atoms with E-state index in [0.717, 1.165) is 23.5 Å². The average Bonchev–Trinajstić information content (AvgIpc) is 2.83. The number of hydrogen-bond acceptors (Lipinski definition) is 7. The Morgan fingerprint density at radius 3 is 2.66 bits per heavy atom. The summed E-state index contributed by atoms with van der Waals surface area (Å²) in [4.78, 5) is 39.2. The summed E-state index contributed by atoms with van der Waals surface area (Å²) in [5.41, 5.74) is 5.18. The van der Waals surface area contributed by atoms with Crippen molar-refractivity contribution in [3.05, 3.63) is 23.8 Å². The van der Waals surface area contributed by atoms with E-state index in [1.807, 2.05) is 18.2 Å². The predicted octanol–water partition coefficient (Wildman–Crippen LogP) is 3.32. The van der Waals surface area contributed by atoms with Crippen LogP contribution in [0.5, 0.6) is 11.5 Å². The SMILES string of the molecule is COc1ccc2c(c1)OC(C)(C)[C@H]1C[C@@H]3CN(C(=O)[C@H](CCC(N)=O)NC(=O)OC(C)(C)C)CC[C@@H]3O[C@H]21. The van der Waals surface area contributed by atoms with Crippen molar-refractivity contribution in [1.82, 2.24) is 10.2 Å². The smallest absolute Gasteiger partial charge is 0.408 e. The van der Waals surface area contributed by atoms with Gasteiger partial charge in [-0.1, -0.05) is 0 Å². The molecule has 0 aromatic heterocycles. The number of primary amides is 1. The number of methoxy groups -OCH3 is 1. The molecular weight excluding hydrogens is 490 g/mol. The number of nitrogens with zero attached hydrogens (tertiary/aromatic N) is 1. The van der Waals surface area contributed by atoms with Gasteiger partial charge in [0.2, 0.25) is 11.8 Å². The van der Waals surface area contributed by atoms with E-state index >= 15 is 0 Å². The van der Waals surface area contributed by atoms with Gasteiger partial charge in [-0.2, -0.15) is 0 Å². The van der Waals surface area contributed by atoms with Gasteiger partial charge in [0.1, 0.15) is 28.7 Å². The molecule has 210 valence electrons. The standard InChI is InChI=1S/C28H41N3O7/c1-27(2,3)38-26(34)30-20(9-10-23(29)32)25(33)31-12-11-21-16(15-31)13-19-24(36-21)18-8-7-17(35-6)14-22(18)37-28(19,4)5/h7-8,14,16,19-21,24H,9-13,15H2,1-6H3,(H2,29,32)(H,30,34)/t16-,19+,20+,21+,24-/m1/s1. The van der Waals surface area contributed by atoms with Gasteiger partial charge in [0.25, 0.3) is 0 Å². The first-order valence-electron chi connectivity index (χ1n) is 13.4. The number of rotatable bonds is 6. The van der Waals surface area contributed by atoms with Gasteiger partial charge < -0.3 is 34.9 Å². The highest BCUT2D eigenvalue weighted by Gasteiger charge is 2.52. The van der Waals surface area contributed by atoms with Crippen molar-refractivity contribution in [1.29, 1.82) is 0 Å². The van der Waals surface area contributed by atoms with E-state index in [4.69, 9.17) is 24.7 Å². The van der Waals surface area contributed by atoms with Gasteiger partial charge in [-0.3, -0.25) is 9.59 Å². The highest BCUT2D eigenvalue weighted by atomic mass is 16.6. The molecule has 2 saturated heterocycles. The number of alkyl carbamates (subject to hydrolysis) is 1. The van der Waals surface area contributed by atoms with Crippen molar-refractivity contribution in [2.75, 3.05) is 20.2 Å². The molecule has 10 nitrogen and oxygen atoms in total. The minimum absolute atomic E-state index is 0.00652. The Balaban J connectivity index is 1.47. The van der Waals surface area contributed by atoms with E-state index in [9.17, 15) is 14.4 Å². The molecule has 0 radical (unpaired) electrons. The van der Waals surface area contributed by atoms with Gasteiger partial charge >= 0.3 is 6.09 Å². The molecule has 0 unspecified atom stereocenters. The van der Waals surface area contributed by atoms with Crippen LogP contribution in [0.1, 0.15) is 72.0 Å². The minimum Gasteiger partial charge on any atom is -0.497 e. The summed E-state index contributed by atoms with van der Waals surface area (Å²) in [6.07, 6.45) is 0.821. The molecule has 3 heterocycles. The molecular formula is C28H41N3O7. The van der Waals surface area contributed by atoms with Crippen LogP contribution < -0.4 is 20.5 Å². The van der Waals surface area contributed by atoms with Crippen molar-refractivity contribution in [3.8, 4) is 11.5 Å². The normalized spacial score (nSPS) is 26.5. The Morgan fingerprint density at radius 2 is 2.00 bits per heavy atom. The number of nitrogens with two attached hydrogens (primary N) is 1. The summed E-state index contributed by atoms with van der Waals surface area (Å²) < 4.78 is 23.9. The zero-order valence-corrected chi connectivity index (χ0v) is 23.2. The zero-order valence-electron chi connectivity index (χ0n) is 23.2. The van der Waals surface area contributed by atoms with E-state index in [0.29, 0.717) is 19.5 Å². The van der Waals surface area contributed by atoms with Crippen LogP contribution in [0.25, 0.3) is 0 Å². The van der Waals surface area contributed by atoms with Crippen molar-refractivity contribution in [2.45, 2.75) is 89.8 Å². The number of ether oxygens (including phenoxy) is 4. The van der Waals surface area contributed by atoms with Crippen molar-refractivity contribution >= 4 is 17.9 Å². The van der Waals surface area contributed by atoms with Crippen LogP contribution in [-0.4, -0.2) is 66.4 Å². The fourth-order valence-corrected chi connectivity index (χ4v) is 5.83. The lowest BCUT2D eigenvalue weighted by molar-refractivity contribution is -0.189. The summed E-state index contributed by atoms with van der Waals surface area (Å²) >= 11 is 0. The summed E-state index contributed by atoms with van der Waals surface area (Å²) in [6, 6.07) is 4.96. The van der Waals surface area contributed by atoms with Crippen LogP contribution in [0.3, 0.4) is 0 Å². The van der Waals surface area contributed by atoms with Gasteiger partial charge in [-0.05, 0) is 66.0 Å². The molecule has 3 N–H and O–H groups in total. The molecule has 4 rings (SSSR count). The van der Waals surface area contributed by atoms with Gasteiger partial charge in [-0.15, -0.1) is 0 Å². The molecule has 5 atom stereocenters. The van der Waals surface area contributed by atoms with E-state index in [1.54, 1.807) is 32.8 Å². The number of piperidine rings is 1. The third-order valence-electron chi connectivity index (χ3n) is 7.68. The van der Waals surface area contributed by atoms with Crippen LogP contribution in [-0.2, 0) is 19.1 Å². The highest BCUT2D eigenvalue weighted by molar-refractivity contribution is 5.86. The topological polar surface area (TPSA) is 129 Å². The summed E-state index contributed by atoms with van der Waals surface area (Å²) in [5, 5.41) is 2.66. The van der Waals surface area contributed by atoms with Crippen molar-refractivity contribution in [3.63, 3.8) is 0 Å². The third kappa shape index (κ3) is 6.17. The Hall–Kier alpha value is -3.01. The quantitative estimate of drug-likeness (QED) is 0.576. The second-order valence-electron chi connectivity index (χ2n) is 12.1. The highest BCUT2D eigenvalue weighted by Crippen LogP contribution is 2.53. The van der Waals surface area contributed by atoms with Gasteiger partial charge in [0.15, 0.2) is 0 Å². The molecule has 2 fully saturated rings. The summed E-state index contributed by atoms with van der Waals surface area (Å²) in [6.45, 7) is 10.4. The Morgan fingerprint density at radius 1 is 1.26 bits per heavy atom. The second kappa shape index (κ2) is 10.6. The first-order chi connectivity index (χ1) is 17.8. The Labute approximate surface area is 224 Å². The number of carbonyl (C=O) groups excluding carboxylic acids is 3. The molecule has 0 spiro atoms. The molecule has 0 saturated carbocycles. The number of amides is 3. The molecule has 3 aliphatic rings. The van der Waals surface area contributed by atoms with Gasteiger partial charge in [0.05, 0.1) is 19.3 Å². The Bertz CT molecular complexity index is 1070. The Kier molecular flexibility index (Phi) is 7.84. The fraction of sp³-hybridized carbons (Fsp3) is 0.679. The second-order valence-corrected chi connectivity index (χ2v) is 12.1. The number of hydrogen-bond donors (Lipinski definition) is 2. The maximum Gasteiger partial charge on any atom is 0.408 e. The van der Waals surface area contributed by atoms with E-state index < -0.39 is 29.2 Å². The third-order valence-corrected chi connectivity index (χ3v) is 7.68. The molecule has 0 bridgehead atoms. The number of likely N-dealkylation sites (tertiary alicyclic amines) is 1. The summed E-state index contributed by atoms with van der Waals surface area (Å²) in [7, 11) is 1.64. The lowest BCUT2D eigenvalue weighted by atomic mass is 9.70. The van der Waals surface area contributed by atoms with Crippen LogP contribution in [0.4, 0.5) is 4.79 Å². The number of carbonyl (C=O) groups is 3. The molecule has 3 aliphatic heterocycles. The van der Waals surface area contributed by atoms with Crippen molar-refractivity contribution in [2.24, 2.45) is 17.6 Å². The van der Waals surface area contributed by atoms with Crippen LogP contribution in [0.15, 0.2) is 18.2 Å². The summed E-state index contributed by atoms with van der Waals surface area (Å²) in [5.74, 6) is 0.975. The molecule has 3 amide bonds. The van der Waals surface area contributed by atoms with Crippen LogP contribution in [0.2, 0.25) is 0 Å². The van der Waals surface area contributed by atoms with Gasteiger partial charge in [0, 0.05) is 43.0 Å². The number of nitrogens with one attached hydrogen (secondary N) is 1. The minimum atomic E-state index is -0.900. The molecule has 1 aromatic rings. The monoisotopic (exact) mass is 531 g/mol. The van der Waals surface area contributed by atoms with E-state index in [2.05, 4.69) is 19.2 Å². The average molecular weight is 532 g/mol. The zero-order chi connectivity index (χ0) is 27.8. The van der Waals surface area contributed by atoms with Crippen LogP contribution in [0, 0.1) is 11.8 Å². The lowest BCUT2D eigenvalue weighted by Gasteiger charge is -2.53. The maximum atomic E-state index is 13.5. The lowest BCUT2D eigenvalue weighted by Crippen LogP contribution is -2.58. The number of benzene rings is 1. The number of fused-ring (bicyclic) bond motifs is 4. The van der Waals surface area contributed by atoms with Crippen molar-refractivity contribution < 1.29 is 33.3 Å². The first-order valence-corrected chi connectivity index (χ1v) is 13.4. The molecule has 38 heavy (non-hydrogen) atoms. The van der Waals surface area contributed by atoms with E-state index in [1.165, 1.54) is 0 Å². The van der Waals surface area contributed by atoms with E-state index in [-0.39, 0.29) is 42.8 Å². The van der Waals surface area contributed by atoms with Crippen LogP contribution >= 0.6 is 0 Å². The first kappa shape index (κ1) is 28.0.